The molecule has 2 aromatic rings. The van der Waals surface area contributed by atoms with Crippen LogP contribution in [0.1, 0.15) is 43.7 Å². The van der Waals surface area contributed by atoms with E-state index in [0.29, 0.717) is 5.82 Å². The summed E-state index contributed by atoms with van der Waals surface area (Å²) in [5, 5.41) is 7.45. The zero-order chi connectivity index (χ0) is 16.9. The summed E-state index contributed by atoms with van der Waals surface area (Å²) in [5.41, 5.74) is 2.22. The van der Waals surface area contributed by atoms with Gasteiger partial charge in [0.1, 0.15) is 0 Å². The molecule has 1 N–H and O–H groups in total. The first-order valence-electron chi connectivity index (χ1n) is 8.97. The molecule has 2 heterocycles. The number of hydrogen-bond acceptors (Lipinski definition) is 5. The number of benzene rings is 1. The first-order valence-corrected chi connectivity index (χ1v) is 8.97. The predicted molar refractivity (Wildman–Crippen MR) is 103 cm³/mol. The van der Waals surface area contributed by atoms with E-state index < -0.39 is 0 Å². The van der Waals surface area contributed by atoms with Gasteiger partial charge >= 0.3 is 0 Å². The first kappa shape index (κ1) is 19.9. The van der Waals surface area contributed by atoms with E-state index in [1.54, 1.807) is 0 Å². The van der Waals surface area contributed by atoms with Crippen molar-refractivity contribution in [3.8, 4) is 11.4 Å². The molecular formula is C19H29ClN4O. The molecule has 0 amide bonds. The fourth-order valence-electron chi connectivity index (χ4n) is 3.47. The maximum absolute atomic E-state index is 5.57. The van der Waals surface area contributed by atoms with Crippen LogP contribution < -0.4 is 5.32 Å². The van der Waals surface area contributed by atoms with Gasteiger partial charge in [0.2, 0.25) is 11.7 Å². The highest BCUT2D eigenvalue weighted by molar-refractivity contribution is 5.85. The fraction of sp³-hybridized carbons (Fsp3) is 0.579. The van der Waals surface area contributed by atoms with Crippen LogP contribution in [0.3, 0.4) is 0 Å². The van der Waals surface area contributed by atoms with Crippen LogP contribution in [0.2, 0.25) is 0 Å². The topological polar surface area (TPSA) is 54.2 Å². The van der Waals surface area contributed by atoms with E-state index in [-0.39, 0.29) is 18.4 Å². The van der Waals surface area contributed by atoms with Crippen LogP contribution in [-0.2, 0) is 0 Å². The molecule has 1 atom stereocenters. The molecule has 0 aliphatic carbocycles. The van der Waals surface area contributed by atoms with Crippen LogP contribution in [0, 0.1) is 12.8 Å². The number of hydrogen-bond donors (Lipinski definition) is 1. The van der Waals surface area contributed by atoms with Gasteiger partial charge in [-0.15, -0.1) is 12.4 Å². The Kier molecular flexibility index (Phi) is 7.41. The highest BCUT2D eigenvalue weighted by Crippen LogP contribution is 2.28. The zero-order valence-electron chi connectivity index (χ0n) is 15.4. The van der Waals surface area contributed by atoms with Crippen molar-refractivity contribution in [1.82, 2.24) is 20.4 Å². The third-order valence-electron chi connectivity index (χ3n) is 5.18. The lowest BCUT2D eigenvalue weighted by atomic mass is 9.93. The zero-order valence-corrected chi connectivity index (χ0v) is 16.2. The summed E-state index contributed by atoms with van der Waals surface area (Å²) in [6.45, 7) is 7.58. The standard InChI is InChI=1S/C19H28N4O.ClH/c1-14-6-4-5-7-17(14)18-21-19(24-22-18)15(2)23-12-9-16(10-13-23)8-11-20-3;/h4-7,15-16,20H,8-13H2,1-3H3;1H. The molecule has 0 radical (unpaired) electrons. The smallest absolute Gasteiger partial charge is 0.244 e. The molecular weight excluding hydrogens is 336 g/mol. The van der Waals surface area contributed by atoms with Gasteiger partial charge in [-0.1, -0.05) is 29.4 Å². The Morgan fingerprint density at radius 2 is 2.00 bits per heavy atom. The molecule has 1 unspecified atom stereocenters. The van der Waals surface area contributed by atoms with Crippen LogP contribution in [0.5, 0.6) is 0 Å². The van der Waals surface area contributed by atoms with Crippen molar-refractivity contribution in [2.75, 3.05) is 26.7 Å². The largest absolute Gasteiger partial charge is 0.337 e. The minimum absolute atomic E-state index is 0. The van der Waals surface area contributed by atoms with E-state index in [0.717, 1.165) is 37.0 Å². The Balaban J connectivity index is 0.00000225. The minimum Gasteiger partial charge on any atom is -0.337 e. The molecule has 1 saturated heterocycles. The molecule has 6 heteroatoms. The number of rotatable bonds is 6. The molecule has 0 spiro atoms. The van der Waals surface area contributed by atoms with Gasteiger partial charge in [-0.3, -0.25) is 4.90 Å². The molecule has 3 rings (SSSR count). The monoisotopic (exact) mass is 364 g/mol. The van der Waals surface area contributed by atoms with Crippen molar-refractivity contribution in [3.63, 3.8) is 0 Å². The third kappa shape index (κ3) is 4.81. The molecule has 0 bridgehead atoms. The summed E-state index contributed by atoms with van der Waals surface area (Å²) in [5.74, 6) is 2.26. The number of piperidine rings is 1. The lowest BCUT2D eigenvalue weighted by Crippen LogP contribution is -2.36. The number of likely N-dealkylation sites (tertiary alicyclic amines) is 1. The summed E-state index contributed by atoms with van der Waals surface area (Å²) in [6, 6.07) is 8.34. The minimum atomic E-state index is 0. The van der Waals surface area contributed by atoms with Gasteiger partial charge in [0.15, 0.2) is 0 Å². The quantitative estimate of drug-likeness (QED) is 0.843. The third-order valence-corrected chi connectivity index (χ3v) is 5.18. The Labute approximate surface area is 156 Å². The molecule has 1 aliphatic rings. The molecule has 138 valence electrons. The van der Waals surface area contributed by atoms with E-state index in [4.69, 9.17) is 4.52 Å². The van der Waals surface area contributed by atoms with Gasteiger partial charge < -0.3 is 9.84 Å². The van der Waals surface area contributed by atoms with Crippen molar-refractivity contribution < 1.29 is 4.52 Å². The second kappa shape index (κ2) is 9.32. The number of halogens is 1. The van der Waals surface area contributed by atoms with E-state index in [1.165, 1.54) is 24.8 Å². The van der Waals surface area contributed by atoms with Crippen LogP contribution in [-0.4, -0.2) is 41.7 Å². The maximum atomic E-state index is 5.57. The van der Waals surface area contributed by atoms with Gasteiger partial charge in [0, 0.05) is 5.56 Å². The maximum Gasteiger partial charge on any atom is 0.244 e. The van der Waals surface area contributed by atoms with Crippen LogP contribution in [0.25, 0.3) is 11.4 Å². The van der Waals surface area contributed by atoms with Gasteiger partial charge in [0.25, 0.3) is 0 Å². The lowest BCUT2D eigenvalue weighted by molar-refractivity contribution is 0.117. The number of aryl methyl sites for hydroxylation is 1. The SMILES string of the molecule is CNCCC1CCN(C(C)c2nc(-c3ccccc3C)no2)CC1.Cl. The number of aromatic nitrogens is 2. The first-order chi connectivity index (χ1) is 11.7. The van der Waals surface area contributed by atoms with Gasteiger partial charge in [-0.25, -0.2) is 0 Å². The second-order valence-electron chi connectivity index (χ2n) is 6.82. The lowest BCUT2D eigenvalue weighted by Gasteiger charge is -2.34. The van der Waals surface area contributed by atoms with Crippen molar-refractivity contribution in [2.24, 2.45) is 5.92 Å². The average Bonchev–Trinajstić information content (AvgIpc) is 3.10. The highest BCUT2D eigenvalue weighted by atomic mass is 35.5. The summed E-state index contributed by atoms with van der Waals surface area (Å²) < 4.78 is 5.57. The predicted octanol–water partition coefficient (Wildman–Crippen LogP) is 3.85. The van der Waals surface area contributed by atoms with Crippen LogP contribution in [0.4, 0.5) is 0 Å². The van der Waals surface area contributed by atoms with Gasteiger partial charge in [-0.05, 0) is 71.3 Å². The molecule has 0 saturated carbocycles. The van der Waals surface area contributed by atoms with E-state index >= 15 is 0 Å². The van der Waals surface area contributed by atoms with E-state index in [2.05, 4.69) is 40.3 Å². The second-order valence-corrected chi connectivity index (χ2v) is 6.82. The Hall–Kier alpha value is -1.43. The van der Waals surface area contributed by atoms with E-state index in [1.807, 2.05) is 25.2 Å². The number of nitrogens with one attached hydrogen (secondary N) is 1. The van der Waals surface area contributed by atoms with Crippen molar-refractivity contribution in [3.05, 3.63) is 35.7 Å². The van der Waals surface area contributed by atoms with Crippen molar-refractivity contribution >= 4 is 12.4 Å². The molecule has 25 heavy (non-hydrogen) atoms. The van der Waals surface area contributed by atoms with Gasteiger partial charge in [-0.2, -0.15) is 4.98 Å². The molecule has 1 fully saturated rings. The highest BCUT2D eigenvalue weighted by Gasteiger charge is 2.26. The van der Waals surface area contributed by atoms with Crippen LogP contribution in [0.15, 0.2) is 28.8 Å². The van der Waals surface area contributed by atoms with Crippen molar-refractivity contribution in [1.29, 1.82) is 0 Å². The Morgan fingerprint density at radius 3 is 2.68 bits per heavy atom. The molecule has 1 aromatic heterocycles. The molecule has 1 aliphatic heterocycles. The molecule has 1 aromatic carbocycles. The van der Waals surface area contributed by atoms with Crippen LogP contribution >= 0.6 is 12.4 Å². The number of nitrogens with zero attached hydrogens (tertiary/aromatic N) is 3. The van der Waals surface area contributed by atoms with Crippen molar-refractivity contribution in [2.45, 2.75) is 39.2 Å². The summed E-state index contributed by atoms with van der Waals surface area (Å²) in [6.07, 6.45) is 3.78. The normalized spacial score (nSPS) is 17.2. The average molecular weight is 365 g/mol. The van der Waals surface area contributed by atoms with E-state index in [9.17, 15) is 0 Å². The van der Waals surface area contributed by atoms with Gasteiger partial charge in [0.05, 0.1) is 6.04 Å². The Morgan fingerprint density at radius 1 is 1.28 bits per heavy atom. The molecule has 5 nitrogen and oxygen atoms in total. The summed E-state index contributed by atoms with van der Waals surface area (Å²) in [4.78, 5) is 7.12. The fourth-order valence-corrected chi connectivity index (χ4v) is 3.47. The Bertz CT molecular complexity index is 652. The summed E-state index contributed by atoms with van der Waals surface area (Å²) >= 11 is 0. The summed E-state index contributed by atoms with van der Waals surface area (Å²) in [7, 11) is 2.03.